The monoisotopic (exact) mass is 196 g/mol. The van der Waals surface area contributed by atoms with Crippen LogP contribution in [0.2, 0.25) is 0 Å². The molecule has 0 fully saturated rings. The molecule has 0 aliphatic carbocycles. The van der Waals surface area contributed by atoms with Crippen molar-refractivity contribution in [2.75, 3.05) is 0 Å². The highest BCUT2D eigenvalue weighted by Gasteiger charge is 2.18. The van der Waals surface area contributed by atoms with E-state index in [-0.39, 0.29) is 0 Å². The van der Waals surface area contributed by atoms with Crippen molar-refractivity contribution in [3.63, 3.8) is 0 Å². The number of carbonyl (C=O) groups is 1. The summed E-state index contributed by atoms with van der Waals surface area (Å²) in [6, 6.07) is 1.47. The number of nitrogens with zero attached hydrogens (tertiary/aromatic N) is 1. The Kier molecular flexibility index (Phi) is 4.16. The third-order valence-electron chi connectivity index (χ3n) is 1.40. The summed E-state index contributed by atoms with van der Waals surface area (Å²) in [4.78, 5) is 11.2. The van der Waals surface area contributed by atoms with Crippen LogP contribution in [0.1, 0.15) is 27.7 Å². The maximum Gasteiger partial charge on any atom is 0.408 e. The molecule has 0 aromatic rings. The fourth-order valence-electron chi connectivity index (χ4n) is 0.668. The van der Waals surface area contributed by atoms with E-state index < -0.39 is 17.7 Å². The lowest BCUT2D eigenvalue weighted by atomic mass is 10.2. The molecule has 0 aromatic heterocycles. The zero-order chi connectivity index (χ0) is 11.4. The predicted octanol–water partition coefficient (Wildman–Crippen LogP) is 1.98. The van der Waals surface area contributed by atoms with E-state index in [0.717, 1.165) is 0 Å². The van der Waals surface area contributed by atoms with Gasteiger partial charge in [0, 0.05) is 5.57 Å². The Morgan fingerprint density at radius 1 is 1.57 bits per heavy atom. The van der Waals surface area contributed by atoms with Crippen LogP contribution in [0.4, 0.5) is 4.79 Å². The SMILES string of the molecule is C=C(C#N)[C@@H](C)NC(=O)OC(C)(C)C. The Balaban J connectivity index is 4.09. The summed E-state index contributed by atoms with van der Waals surface area (Å²) >= 11 is 0. The lowest BCUT2D eigenvalue weighted by Gasteiger charge is -2.21. The van der Waals surface area contributed by atoms with Gasteiger partial charge in [-0.3, -0.25) is 0 Å². The molecule has 1 atom stereocenters. The zero-order valence-corrected chi connectivity index (χ0v) is 9.05. The van der Waals surface area contributed by atoms with Crippen LogP contribution in [-0.4, -0.2) is 17.7 Å². The molecule has 14 heavy (non-hydrogen) atoms. The Morgan fingerprint density at radius 3 is 2.43 bits per heavy atom. The third-order valence-corrected chi connectivity index (χ3v) is 1.40. The third kappa shape index (κ3) is 5.20. The topological polar surface area (TPSA) is 62.1 Å². The first-order valence-electron chi connectivity index (χ1n) is 4.34. The first kappa shape index (κ1) is 12.5. The minimum absolute atomic E-state index is 0.302. The lowest BCUT2D eigenvalue weighted by Crippen LogP contribution is -2.38. The lowest BCUT2D eigenvalue weighted by molar-refractivity contribution is 0.0516. The van der Waals surface area contributed by atoms with Gasteiger partial charge in [-0.2, -0.15) is 5.26 Å². The van der Waals surface area contributed by atoms with Crippen LogP contribution >= 0.6 is 0 Å². The van der Waals surface area contributed by atoms with Crippen molar-refractivity contribution in [1.82, 2.24) is 5.32 Å². The summed E-state index contributed by atoms with van der Waals surface area (Å²) < 4.78 is 5.00. The Hall–Kier alpha value is -1.50. The van der Waals surface area contributed by atoms with E-state index >= 15 is 0 Å². The smallest absolute Gasteiger partial charge is 0.408 e. The number of hydrogen-bond acceptors (Lipinski definition) is 3. The summed E-state index contributed by atoms with van der Waals surface area (Å²) in [5.41, 5.74) is -0.228. The molecular formula is C10H16N2O2. The van der Waals surface area contributed by atoms with E-state index in [9.17, 15) is 4.79 Å². The average Bonchev–Trinajstić information content (AvgIpc) is 1.99. The number of nitriles is 1. The first-order valence-corrected chi connectivity index (χ1v) is 4.34. The van der Waals surface area contributed by atoms with Gasteiger partial charge in [0.15, 0.2) is 0 Å². The molecule has 0 unspecified atom stereocenters. The molecule has 0 aliphatic rings. The molecule has 0 rings (SSSR count). The van der Waals surface area contributed by atoms with E-state index in [2.05, 4.69) is 11.9 Å². The van der Waals surface area contributed by atoms with Crippen molar-refractivity contribution >= 4 is 6.09 Å². The predicted molar refractivity (Wildman–Crippen MR) is 53.6 cm³/mol. The van der Waals surface area contributed by atoms with Gasteiger partial charge >= 0.3 is 6.09 Å². The zero-order valence-electron chi connectivity index (χ0n) is 9.05. The molecule has 78 valence electrons. The molecular weight excluding hydrogens is 180 g/mol. The van der Waals surface area contributed by atoms with Gasteiger partial charge in [0.1, 0.15) is 5.60 Å². The Labute approximate surface area is 84.6 Å². The second-order valence-electron chi connectivity index (χ2n) is 4.00. The van der Waals surface area contributed by atoms with E-state index in [4.69, 9.17) is 10.00 Å². The number of carbonyl (C=O) groups excluding carboxylic acids is 1. The van der Waals surface area contributed by atoms with E-state index in [1.807, 2.05) is 6.07 Å². The van der Waals surface area contributed by atoms with Gasteiger partial charge in [-0.1, -0.05) is 6.58 Å². The van der Waals surface area contributed by atoms with Crippen molar-refractivity contribution in [2.24, 2.45) is 0 Å². The van der Waals surface area contributed by atoms with Gasteiger partial charge in [-0.05, 0) is 27.7 Å². The van der Waals surface area contributed by atoms with Crippen LogP contribution in [0.15, 0.2) is 12.2 Å². The molecule has 0 radical (unpaired) electrons. The molecule has 0 aromatic carbocycles. The van der Waals surface area contributed by atoms with E-state index in [0.29, 0.717) is 5.57 Å². The second-order valence-corrected chi connectivity index (χ2v) is 4.00. The molecule has 0 spiro atoms. The highest BCUT2D eigenvalue weighted by molar-refractivity contribution is 5.68. The van der Waals surface area contributed by atoms with Crippen molar-refractivity contribution in [3.8, 4) is 6.07 Å². The van der Waals surface area contributed by atoms with Crippen molar-refractivity contribution in [3.05, 3.63) is 12.2 Å². The number of hydrogen-bond donors (Lipinski definition) is 1. The van der Waals surface area contributed by atoms with Crippen LogP contribution in [0, 0.1) is 11.3 Å². The molecule has 0 saturated heterocycles. The quantitative estimate of drug-likeness (QED) is 0.687. The van der Waals surface area contributed by atoms with Crippen molar-refractivity contribution in [1.29, 1.82) is 5.26 Å². The van der Waals surface area contributed by atoms with Gasteiger partial charge in [0.25, 0.3) is 0 Å². The molecule has 1 N–H and O–H groups in total. The van der Waals surface area contributed by atoms with Crippen LogP contribution < -0.4 is 5.32 Å². The Bertz CT molecular complexity index is 271. The number of rotatable bonds is 2. The molecule has 1 amide bonds. The Morgan fingerprint density at radius 2 is 2.07 bits per heavy atom. The molecule has 0 bridgehead atoms. The number of alkyl carbamates (subject to hydrolysis) is 1. The van der Waals surface area contributed by atoms with E-state index in [1.165, 1.54) is 0 Å². The molecule has 0 heterocycles. The standard InChI is InChI=1S/C10H16N2O2/c1-7(6-11)8(2)12-9(13)14-10(3,4)5/h8H,1H2,2-5H3,(H,12,13)/t8-/m1/s1. The maximum atomic E-state index is 11.2. The normalized spacial score (nSPS) is 12.5. The van der Waals surface area contributed by atoms with Crippen LogP contribution in [0.3, 0.4) is 0 Å². The van der Waals surface area contributed by atoms with Gasteiger partial charge in [-0.25, -0.2) is 4.79 Å². The van der Waals surface area contributed by atoms with Gasteiger partial charge in [0.2, 0.25) is 0 Å². The summed E-state index contributed by atoms with van der Waals surface area (Å²) in [5, 5.41) is 11.0. The number of nitrogens with one attached hydrogen (secondary N) is 1. The maximum absolute atomic E-state index is 11.2. The number of amides is 1. The van der Waals surface area contributed by atoms with Crippen molar-refractivity contribution < 1.29 is 9.53 Å². The van der Waals surface area contributed by atoms with Crippen LogP contribution in [-0.2, 0) is 4.74 Å². The minimum Gasteiger partial charge on any atom is -0.444 e. The van der Waals surface area contributed by atoms with Gasteiger partial charge < -0.3 is 10.1 Å². The summed E-state index contributed by atoms with van der Waals surface area (Å²) in [7, 11) is 0. The first-order chi connectivity index (χ1) is 6.26. The van der Waals surface area contributed by atoms with Crippen molar-refractivity contribution in [2.45, 2.75) is 39.3 Å². The van der Waals surface area contributed by atoms with Crippen LogP contribution in [0.25, 0.3) is 0 Å². The summed E-state index contributed by atoms with van der Waals surface area (Å²) in [6.45, 7) is 10.5. The fourth-order valence-corrected chi connectivity index (χ4v) is 0.668. The van der Waals surface area contributed by atoms with Gasteiger partial charge in [-0.15, -0.1) is 0 Å². The molecule has 4 heteroatoms. The van der Waals surface area contributed by atoms with E-state index in [1.54, 1.807) is 27.7 Å². The second kappa shape index (κ2) is 4.66. The summed E-state index contributed by atoms with van der Waals surface area (Å²) in [5.74, 6) is 0. The average molecular weight is 196 g/mol. The minimum atomic E-state index is -0.540. The molecule has 0 saturated carbocycles. The molecule has 0 aliphatic heterocycles. The summed E-state index contributed by atoms with van der Waals surface area (Å²) in [6.07, 6.45) is -0.540. The largest absolute Gasteiger partial charge is 0.444 e. The highest BCUT2D eigenvalue weighted by atomic mass is 16.6. The number of ether oxygens (including phenoxy) is 1. The van der Waals surface area contributed by atoms with Gasteiger partial charge in [0.05, 0.1) is 12.1 Å². The highest BCUT2D eigenvalue weighted by Crippen LogP contribution is 2.07. The van der Waals surface area contributed by atoms with Crippen LogP contribution in [0.5, 0.6) is 0 Å². The fraction of sp³-hybridized carbons (Fsp3) is 0.600. The molecule has 4 nitrogen and oxygen atoms in total.